The molecule has 0 aromatic heterocycles. The van der Waals surface area contributed by atoms with Gasteiger partial charge in [0, 0.05) is 24.2 Å². The van der Waals surface area contributed by atoms with Crippen LogP contribution in [0.3, 0.4) is 0 Å². The van der Waals surface area contributed by atoms with Crippen LogP contribution in [-0.2, 0) is 4.74 Å². The molecule has 0 aliphatic carbocycles. The minimum absolute atomic E-state index is 0.457. The molecule has 6 heteroatoms. The number of nitrogens with zero attached hydrogens (tertiary/aromatic N) is 1. The third-order valence-corrected chi connectivity index (χ3v) is 2.75. The molecule has 4 nitrogen and oxygen atoms in total. The first-order valence-electron chi connectivity index (χ1n) is 5.47. The highest BCUT2D eigenvalue weighted by molar-refractivity contribution is 7.80. The van der Waals surface area contributed by atoms with Crippen molar-refractivity contribution in [2.24, 2.45) is 5.10 Å². The maximum absolute atomic E-state index is 6.06. The Bertz CT molecular complexity index is 437. The number of hydrogen-bond acceptors (Lipinski definition) is 3. The number of hydrogen-bond donors (Lipinski definition) is 2. The van der Waals surface area contributed by atoms with E-state index in [-0.39, 0.29) is 0 Å². The third kappa shape index (κ3) is 5.00. The van der Waals surface area contributed by atoms with E-state index in [9.17, 15) is 0 Å². The molecule has 0 atom stereocenters. The molecule has 18 heavy (non-hydrogen) atoms. The molecular formula is C12H16ClN3OS. The van der Waals surface area contributed by atoms with Crippen molar-refractivity contribution in [1.29, 1.82) is 0 Å². The molecule has 1 aromatic carbocycles. The lowest BCUT2D eigenvalue weighted by Crippen LogP contribution is -2.34. The molecule has 0 saturated carbocycles. The van der Waals surface area contributed by atoms with Crippen molar-refractivity contribution >= 4 is 34.6 Å². The van der Waals surface area contributed by atoms with Gasteiger partial charge in [-0.3, -0.25) is 5.43 Å². The van der Waals surface area contributed by atoms with Crippen LogP contribution in [0.2, 0.25) is 5.02 Å². The summed E-state index contributed by atoms with van der Waals surface area (Å²) < 4.78 is 4.90. The number of ether oxygens (including phenoxy) is 1. The zero-order valence-corrected chi connectivity index (χ0v) is 11.9. The van der Waals surface area contributed by atoms with Crippen molar-refractivity contribution in [2.75, 3.05) is 20.3 Å². The van der Waals surface area contributed by atoms with Gasteiger partial charge in [-0.25, -0.2) is 0 Å². The average molecular weight is 286 g/mol. The van der Waals surface area contributed by atoms with Crippen LogP contribution in [0.4, 0.5) is 0 Å². The topological polar surface area (TPSA) is 45.6 Å². The Labute approximate surface area is 117 Å². The van der Waals surface area contributed by atoms with Gasteiger partial charge in [0.15, 0.2) is 5.11 Å². The largest absolute Gasteiger partial charge is 0.383 e. The van der Waals surface area contributed by atoms with E-state index in [4.69, 9.17) is 28.6 Å². The average Bonchev–Trinajstić information content (AvgIpc) is 2.37. The molecule has 0 amide bonds. The summed E-state index contributed by atoms with van der Waals surface area (Å²) >= 11 is 11.1. The lowest BCUT2D eigenvalue weighted by atomic mass is 10.1. The predicted octanol–water partition coefficient (Wildman–Crippen LogP) is 2.17. The maximum Gasteiger partial charge on any atom is 0.187 e. The number of hydrazone groups is 1. The van der Waals surface area contributed by atoms with Crippen LogP contribution in [0.1, 0.15) is 12.5 Å². The standard InChI is InChI=1S/C12H16ClN3OS/c1-9(10-5-3-4-6-11(10)13)15-16-12(18)14-7-8-17-2/h3-6H,7-8H2,1-2H3,(H2,14,16,18)/b15-9-. The Morgan fingerprint density at radius 3 is 2.83 bits per heavy atom. The number of rotatable bonds is 5. The number of thiocarbonyl (C=S) groups is 1. The normalized spacial score (nSPS) is 11.2. The summed E-state index contributed by atoms with van der Waals surface area (Å²) in [6, 6.07) is 7.52. The second-order valence-corrected chi connectivity index (χ2v) is 4.35. The molecular weight excluding hydrogens is 270 g/mol. The fraction of sp³-hybridized carbons (Fsp3) is 0.333. The van der Waals surface area contributed by atoms with Crippen molar-refractivity contribution in [3.8, 4) is 0 Å². The molecule has 0 radical (unpaired) electrons. The third-order valence-electron chi connectivity index (χ3n) is 2.18. The molecule has 98 valence electrons. The van der Waals surface area contributed by atoms with Crippen molar-refractivity contribution in [3.05, 3.63) is 34.9 Å². The Balaban J connectivity index is 2.52. The van der Waals surface area contributed by atoms with Crippen LogP contribution >= 0.6 is 23.8 Å². The van der Waals surface area contributed by atoms with Crippen molar-refractivity contribution in [3.63, 3.8) is 0 Å². The molecule has 0 saturated heterocycles. The van der Waals surface area contributed by atoms with Crippen molar-refractivity contribution in [1.82, 2.24) is 10.7 Å². The second-order valence-electron chi connectivity index (χ2n) is 3.54. The fourth-order valence-electron chi connectivity index (χ4n) is 1.26. The van der Waals surface area contributed by atoms with E-state index in [2.05, 4.69) is 15.8 Å². The second kappa shape index (κ2) is 8.02. The Morgan fingerprint density at radius 2 is 2.17 bits per heavy atom. The molecule has 0 spiro atoms. The minimum atomic E-state index is 0.457. The van der Waals surface area contributed by atoms with Crippen LogP contribution < -0.4 is 10.7 Å². The van der Waals surface area contributed by atoms with E-state index in [1.165, 1.54) is 0 Å². The molecule has 2 N–H and O–H groups in total. The molecule has 1 rings (SSSR count). The highest BCUT2D eigenvalue weighted by atomic mass is 35.5. The zero-order valence-electron chi connectivity index (χ0n) is 10.4. The zero-order chi connectivity index (χ0) is 13.4. The highest BCUT2D eigenvalue weighted by Gasteiger charge is 2.02. The van der Waals surface area contributed by atoms with E-state index >= 15 is 0 Å². The highest BCUT2D eigenvalue weighted by Crippen LogP contribution is 2.15. The lowest BCUT2D eigenvalue weighted by Gasteiger charge is -2.08. The quantitative estimate of drug-likeness (QED) is 0.377. The van der Waals surface area contributed by atoms with Crippen LogP contribution in [0.5, 0.6) is 0 Å². The van der Waals surface area contributed by atoms with E-state index in [0.717, 1.165) is 11.3 Å². The smallest absolute Gasteiger partial charge is 0.187 e. The summed E-state index contributed by atoms with van der Waals surface area (Å²) in [4.78, 5) is 0. The minimum Gasteiger partial charge on any atom is -0.383 e. The Hall–Kier alpha value is -1.17. The maximum atomic E-state index is 6.06. The first-order valence-corrected chi connectivity index (χ1v) is 6.25. The first-order chi connectivity index (χ1) is 8.65. The van der Waals surface area contributed by atoms with Crippen LogP contribution in [0.15, 0.2) is 29.4 Å². The number of nitrogens with one attached hydrogen (secondary N) is 2. The first kappa shape index (κ1) is 14.9. The SMILES string of the molecule is COCCNC(=S)N/N=C(/C)c1ccccc1Cl. The van der Waals surface area contributed by atoms with Gasteiger partial charge in [0.2, 0.25) is 0 Å². The summed E-state index contributed by atoms with van der Waals surface area (Å²) in [5.74, 6) is 0. The summed E-state index contributed by atoms with van der Waals surface area (Å²) in [5, 5.41) is 8.25. The van der Waals surface area contributed by atoms with Gasteiger partial charge >= 0.3 is 0 Å². The van der Waals surface area contributed by atoms with Crippen molar-refractivity contribution in [2.45, 2.75) is 6.92 Å². The van der Waals surface area contributed by atoms with Gasteiger partial charge in [-0.15, -0.1) is 0 Å². The Kier molecular flexibility index (Phi) is 6.64. The van der Waals surface area contributed by atoms with E-state index in [1.54, 1.807) is 7.11 Å². The molecule has 0 heterocycles. The lowest BCUT2D eigenvalue weighted by molar-refractivity contribution is 0.204. The predicted molar refractivity (Wildman–Crippen MR) is 79.3 cm³/mol. The van der Waals surface area contributed by atoms with Gasteiger partial charge in [0.1, 0.15) is 0 Å². The van der Waals surface area contributed by atoms with E-state index in [1.807, 2.05) is 31.2 Å². The molecule has 0 aliphatic rings. The van der Waals surface area contributed by atoms with Gasteiger partial charge in [-0.1, -0.05) is 29.8 Å². The van der Waals surface area contributed by atoms with Gasteiger partial charge in [0.25, 0.3) is 0 Å². The molecule has 0 unspecified atom stereocenters. The van der Waals surface area contributed by atoms with Crippen LogP contribution in [0, 0.1) is 0 Å². The van der Waals surface area contributed by atoms with Gasteiger partial charge in [-0.05, 0) is 25.2 Å². The van der Waals surface area contributed by atoms with Crippen molar-refractivity contribution < 1.29 is 4.74 Å². The van der Waals surface area contributed by atoms with Gasteiger partial charge in [0.05, 0.1) is 12.3 Å². The number of methoxy groups -OCH3 is 1. The summed E-state index contributed by atoms with van der Waals surface area (Å²) in [5.41, 5.74) is 4.42. The number of benzene rings is 1. The molecule has 1 aromatic rings. The fourth-order valence-corrected chi connectivity index (χ4v) is 1.68. The summed E-state index contributed by atoms with van der Waals surface area (Å²) in [7, 11) is 1.64. The monoisotopic (exact) mass is 285 g/mol. The van der Waals surface area contributed by atoms with Gasteiger partial charge < -0.3 is 10.1 Å². The molecule has 0 aliphatic heterocycles. The van der Waals surface area contributed by atoms with Crippen LogP contribution in [0.25, 0.3) is 0 Å². The molecule has 0 bridgehead atoms. The van der Waals surface area contributed by atoms with E-state index in [0.29, 0.717) is 23.3 Å². The van der Waals surface area contributed by atoms with Crippen LogP contribution in [-0.4, -0.2) is 31.1 Å². The number of halogens is 1. The van der Waals surface area contributed by atoms with E-state index < -0.39 is 0 Å². The van der Waals surface area contributed by atoms with Gasteiger partial charge in [-0.2, -0.15) is 5.10 Å². The summed E-state index contributed by atoms with van der Waals surface area (Å²) in [6.45, 7) is 3.10. The summed E-state index contributed by atoms with van der Waals surface area (Å²) in [6.07, 6.45) is 0. The molecule has 0 fully saturated rings. The Morgan fingerprint density at radius 1 is 1.44 bits per heavy atom.